The van der Waals surface area contributed by atoms with Crippen molar-refractivity contribution >= 4 is 34.6 Å². The summed E-state index contributed by atoms with van der Waals surface area (Å²) in [6, 6.07) is 10.9. The molecule has 3 rings (SSSR count). The number of rotatable bonds is 6. The summed E-state index contributed by atoms with van der Waals surface area (Å²) in [5, 5.41) is 24.6. The number of thioether (sulfide) groups is 1. The maximum atomic E-state index is 13.0. The van der Waals surface area contributed by atoms with E-state index < -0.39 is 4.92 Å². The molecule has 0 spiro atoms. The van der Waals surface area contributed by atoms with Crippen LogP contribution in [-0.2, 0) is 0 Å². The number of halogens is 1. The lowest BCUT2D eigenvalue weighted by atomic mass is 10.1. The average Bonchev–Trinajstić information content (AvgIpc) is 3.01. The SMILES string of the molecule is O=C(CSc1scc(-c2ccc(F)cc2)[n+]1[O-])c1ccc([N+](=O)[O-])cc1. The number of nitro benzene ring substituents is 1. The van der Waals surface area contributed by atoms with E-state index in [1.165, 1.54) is 59.9 Å². The van der Waals surface area contributed by atoms with Gasteiger partial charge in [-0.3, -0.25) is 14.9 Å². The molecule has 0 bridgehead atoms. The number of carbonyl (C=O) groups is 1. The first-order valence-electron chi connectivity index (χ1n) is 7.33. The van der Waals surface area contributed by atoms with E-state index in [1.54, 1.807) is 5.38 Å². The van der Waals surface area contributed by atoms with Crippen molar-refractivity contribution in [3.63, 3.8) is 0 Å². The minimum absolute atomic E-state index is 0.0312. The second-order valence-electron chi connectivity index (χ2n) is 5.20. The Bertz CT molecular complexity index is 956. The summed E-state index contributed by atoms with van der Waals surface area (Å²) in [6.45, 7) is 0. The van der Waals surface area contributed by atoms with E-state index in [1.807, 2.05) is 0 Å². The van der Waals surface area contributed by atoms with Gasteiger partial charge in [0.2, 0.25) is 5.69 Å². The fourth-order valence-electron chi connectivity index (χ4n) is 2.18. The van der Waals surface area contributed by atoms with Gasteiger partial charge in [-0.25, -0.2) is 4.39 Å². The Labute approximate surface area is 155 Å². The van der Waals surface area contributed by atoms with Crippen molar-refractivity contribution in [3.05, 3.63) is 80.6 Å². The Balaban J connectivity index is 1.69. The molecule has 0 saturated heterocycles. The van der Waals surface area contributed by atoms with Gasteiger partial charge in [0.1, 0.15) is 5.82 Å². The molecule has 0 aliphatic heterocycles. The number of carbonyl (C=O) groups excluding carboxylic acids is 1. The smallest absolute Gasteiger partial charge is 0.309 e. The molecule has 0 atom stereocenters. The van der Waals surface area contributed by atoms with Crippen LogP contribution in [0.5, 0.6) is 0 Å². The van der Waals surface area contributed by atoms with Crippen LogP contribution in [0.2, 0.25) is 0 Å². The van der Waals surface area contributed by atoms with Gasteiger partial charge in [0.05, 0.1) is 16.1 Å². The van der Waals surface area contributed by atoms with E-state index in [9.17, 15) is 24.5 Å². The molecule has 0 fully saturated rings. The Hall–Kier alpha value is -2.78. The van der Waals surface area contributed by atoms with Gasteiger partial charge >= 0.3 is 4.34 Å². The zero-order chi connectivity index (χ0) is 18.7. The summed E-state index contributed by atoms with van der Waals surface area (Å²) >= 11 is 2.29. The molecule has 0 unspecified atom stereocenters. The number of nitro groups is 1. The Morgan fingerprint density at radius 2 is 1.81 bits per heavy atom. The van der Waals surface area contributed by atoms with Crippen LogP contribution in [0, 0.1) is 21.1 Å². The minimum Gasteiger partial charge on any atom is -0.617 e. The van der Waals surface area contributed by atoms with Gasteiger partial charge in [-0.15, -0.1) is 4.73 Å². The van der Waals surface area contributed by atoms with Crippen molar-refractivity contribution in [2.45, 2.75) is 4.34 Å². The molecule has 0 N–H and O–H groups in total. The Morgan fingerprint density at radius 3 is 2.42 bits per heavy atom. The Morgan fingerprint density at radius 1 is 1.15 bits per heavy atom. The van der Waals surface area contributed by atoms with Crippen LogP contribution in [0.1, 0.15) is 10.4 Å². The van der Waals surface area contributed by atoms with Gasteiger partial charge in [0.25, 0.3) is 5.69 Å². The fraction of sp³-hybridized carbons (Fsp3) is 0.0588. The van der Waals surface area contributed by atoms with E-state index in [0.717, 1.165) is 11.8 Å². The zero-order valence-electron chi connectivity index (χ0n) is 13.1. The van der Waals surface area contributed by atoms with Crippen LogP contribution in [0.15, 0.2) is 58.3 Å². The first-order valence-corrected chi connectivity index (χ1v) is 9.19. The summed E-state index contributed by atoms with van der Waals surface area (Å²) in [5.41, 5.74) is 1.23. The molecule has 2 aromatic carbocycles. The lowest BCUT2D eigenvalue weighted by molar-refractivity contribution is -0.626. The zero-order valence-corrected chi connectivity index (χ0v) is 14.8. The van der Waals surface area contributed by atoms with Crippen molar-refractivity contribution in [1.29, 1.82) is 0 Å². The fourth-order valence-corrected chi connectivity index (χ4v) is 4.05. The quantitative estimate of drug-likeness (QED) is 0.158. The summed E-state index contributed by atoms with van der Waals surface area (Å²) in [6.07, 6.45) is 0. The topological polar surface area (TPSA) is 87.2 Å². The predicted octanol–water partition coefficient (Wildman–Crippen LogP) is 4.07. The predicted molar refractivity (Wildman–Crippen MR) is 96.8 cm³/mol. The summed E-state index contributed by atoms with van der Waals surface area (Å²) in [7, 11) is 0. The standard InChI is InChI=1S/C17H11FN2O4S2/c18-13-5-1-11(2-6-13)15-9-25-17(19(15)22)26-10-16(21)12-3-7-14(8-4-12)20(23)24/h1-9H,10H2. The number of nitrogens with zero attached hydrogens (tertiary/aromatic N) is 2. The average molecular weight is 390 g/mol. The molecule has 0 aliphatic rings. The number of hydrogen-bond donors (Lipinski definition) is 0. The van der Waals surface area contributed by atoms with Crippen LogP contribution >= 0.6 is 23.1 Å². The molecule has 0 radical (unpaired) electrons. The summed E-state index contributed by atoms with van der Waals surface area (Å²) in [4.78, 5) is 22.3. The molecule has 26 heavy (non-hydrogen) atoms. The Kier molecular flexibility index (Phi) is 5.29. The monoisotopic (exact) mass is 390 g/mol. The van der Waals surface area contributed by atoms with E-state index in [0.29, 0.717) is 25.9 Å². The van der Waals surface area contributed by atoms with Crippen LogP contribution in [-0.4, -0.2) is 16.5 Å². The number of thiazole rings is 1. The number of aromatic nitrogens is 1. The minimum atomic E-state index is -0.536. The lowest BCUT2D eigenvalue weighted by Crippen LogP contribution is -2.28. The molecule has 3 aromatic rings. The number of Topliss-reactive ketones (excluding diaryl/α,β-unsaturated/α-hetero) is 1. The highest BCUT2D eigenvalue weighted by atomic mass is 32.2. The van der Waals surface area contributed by atoms with Crippen LogP contribution in [0.3, 0.4) is 0 Å². The molecule has 1 aromatic heterocycles. The third-order valence-electron chi connectivity index (χ3n) is 3.52. The van der Waals surface area contributed by atoms with E-state index >= 15 is 0 Å². The maximum Gasteiger partial charge on any atom is 0.309 e. The molecular formula is C17H11FN2O4S2. The van der Waals surface area contributed by atoms with E-state index in [-0.39, 0.29) is 23.0 Å². The van der Waals surface area contributed by atoms with E-state index in [4.69, 9.17) is 0 Å². The first-order chi connectivity index (χ1) is 12.5. The van der Waals surface area contributed by atoms with Gasteiger partial charge in [-0.1, -0.05) is 11.3 Å². The lowest BCUT2D eigenvalue weighted by Gasteiger charge is -2.02. The first kappa shape index (κ1) is 18.0. The second-order valence-corrected chi connectivity index (χ2v) is 7.28. The van der Waals surface area contributed by atoms with Crippen molar-refractivity contribution < 1.29 is 18.8 Å². The molecule has 0 saturated carbocycles. The molecule has 132 valence electrons. The van der Waals surface area contributed by atoms with Gasteiger partial charge in [-0.2, -0.15) is 0 Å². The van der Waals surface area contributed by atoms with Gasteiger partial charge in [-0.05, 0) is 48.2 Å². The highest BCUT2D eigenvalue weighted by Crippen LogP contribution is 2.27. The molecule has 6 nitrogen and oxygen atoms in total. The molecule has 1 heterocycles. The second kappa shape index (κ2) is 7.63. The third kappa shape index (κ3) is 3.89. The highest BCUT2D eigenvalue weighted by Gasteiger charge is 2.19. The van der Waals surface area contributed by atoms with Crippen LogP contribution < -0.4 is 4.73 Å². The van der Waals surface area contributed by atoms with Crippen molar-refractivity contribution in [3.8, 4) is 11.3 Å². The molecule has 0 amide bonds. The van der Waals surface area contributed by atoms with Crippen molar-refractivity contribution in [2.75, 3.05) is 5.75 Å². The number of hydrogen-bond acceptors (Lipinski definition) is 6. The number of ketones is 1. The molecule has 9 heteroatoms. The van der Waals surface area contributed by atoms with Crippen molar-refractivity contribution in [1.82, 2.24) is 0 Å². The van der Waals surface area contributed by atoms with Gasteiger partial charge in [0, 0.05) is 23.3 Å². The maximum absolute atomic E-state index is 13.0. The number of non-ortho nitro benzene ring substituents is 1. The largest absolute Gasteiger partial charge is 0.617 e. The highest BCUT2D eigenvalue weighted by molar-refractivity contribution is 8.01. The van der Waals surface area contributed by atoms with Crippen molar-refractivity contribution in [2.24, 2.45) is 0 Å². The summed E-state index contributed by atoms with van der Waals surface area (Å²) < 4.78 is 14.1. The van der Waals surface area contributed by atoms with Gasteiger partial charge < -0.3 is 5.21 Å². The normalized spacial score (nSPS) is 10.7. The van der Waals surface area contributed by atoms with Crippen LogP contribution in [0.4, 0.5) is 10.1 Å². The van der Waals surface area contributed by atoms with E-state index in [2.05, 4.69) is 0 Å². The third-order valence-corrected chi connectivity index (χ3v) is 5.69. The van der Waals surface area contributed by atoms with Crippen LogP contribution in [0.25, 0.3) is 11.3 Å². The number of benzene rings is 2. The molecule has 0 aliphatic carbocycles. The molecular weight excluding hydrogens is 379 g/mol. The van der Waals surface area contributed by atoms with Gasteiger partial charge in [0.15, 0.2) is 5.78 Å². The summed E-state index contributed by atoms with van der Waals surface area (Å²) in [5.74, 6) is -0.588.